The number of nitrogens with zero attached hydrogens (tertiary/aromatic N) is 1. The van der Waals surface area contributed by atoms with Crippen molar-refractivity contribution in [2.75, 3.05) is 14.1 Å². The molecule has 40 valence electrons. The number of hydrogen-bond acceptors (Lipinski definition) is 2. The van der Waals surface area contributed by atoms with Crippen LogP contribution in [0.25, 0.3) is 0 Å². The van der Waals surface area contributed by atoms with Gasteiger partial charge in [-0.3, -0.25) is 4.90 Å². The van der Waals surface area contributed by atoms with E-state index in [2.05, 4.69) is 0 Å². The zero-order valence-electron chi connectivity index (χ0n) is 4.47. The normalized spacial score (nSPS) is 13.3. The van der Waals surface area contributed by atoms with Crippen LogP contribution in [0.3, 0.4) is 0 Å². The zero-order chi connectivity index (χ0) is 5.15. The van der Waals surface area contributed by atoms with Gasteiger partial charge in [0.1, 0.15) is 6.23 Å². The fraction of sp³-hybridized carbons (Fsp3) is 1.00. The van der Waals surface area contributed by atoms with Crippen LogP contribution in [0, 0.1) is 0 Å². The topological polar surface area (TPSA) is 23.5 Å². The van der Waals surface area contributed by atoms with Crippen LogP contribution in [0.5, 0.6) is 0 Å². The average Bonchev–Trinajstić information content (AvgIpc) is 1.36. The molecule has 0 aromatic rings. The number of hydrogen-bond donors (Lipinski definition) is 1. The minimum atomic E-state index is -0.315. The Bertz CT molecular complexity index is 32.7. The Hall–Kier alpha value is 0.517. The van der Waals surface area contributed by atoms with Crippen LogP contribution in [0.1, 0.15) is 6.92 Å². The van der Waals surface area contributed by atoms with E-state index in [9.17, 15) is 0 Å². The van der Waals surface area contributed by atoms with E-state index in [1.165, 1.54) is 0 Å². The Morgan fingerprint density at radius 3 is 1.57 bits per heavy atom. The van der Waals surface area contributed by atoms with Gasteiger partial charge in [-0.25, -0.2) is 0 Å². The summed E-state index contributed by atoms with van der Waals surface area (Å²) in [4.78, 5) is 1.72. The van der Waals surface area contributed by atoms with E-state index >= 15 is 0 Å². The molecular formula is C4H12LiNO. The van der Waals surface area contributed by atoms with E-state index in [4.69, 9.17) is 5.11 Å². The van der Waals surface area contributed by atoms with Crippen molar-refractivity contribution in [3.05, 3.63) is 0 Å². The maximum atomic E-state index is 8.56. The van der Waals surface area contributed by atoms with Gasteiger partial charge in [0.05, 0.1) is 0 Å². The second kappa shape index (κ2) is 4.67. The third kappa shape index (κ3) is 6.52. The van der Waals surface area contributed by atoms with Crippen LogP contribution in [-0.4, -0.2) is 49.2 Å². The molecule has 0 radical (unpaired) electrons. The first-order valence-electron chi connectivity index (χ1n) is 1.99. The van der Waals surface area contributed by atoms with Gasteiger partial charge in [0.15, 0.2) is 0 Å². The van der Waals surface area contributed by atoms with E-state index in [-0.39, 0.29) is 25.1 Å². The fourth-order valence-electron chi connectivity index (χ4n) is 0. The molecule has 1 N–H and O–H groups in total. The Kier molecular flexibility index (Phi) is 7.00. The van der Waals surface area contributed by atoms with Crippen molar-refractivity contribution in [2.24, 2.45) is 0 Å². The van der Waals surface area contributed by atoms with Crippen molar-refractivity contribution in [3.63, 3.8) is 0 Å². The van der Waals surface area contributed by atoms with Gasteiger partial charge in [0, 0.05) is 0 Å². The van der Waals surface area contributed by atoms with Crippen molar-refractivity contribution in [1.29, 1.82) is 0 Å². The third-order valence-corrected chi connectivity index (χ3v) is 0.747. The number of aliphatic hydroxyl groups excluding tert-OH is 1. The minimum absolute atomic E-state index is 0. The summed E-state index contributed by atoms with van der Waals surface area (Å²) in [5, 5.41) is 8.56. The van der Waals surface area contributed by atoms with Crippen molar-refractivity contribution in [3.8, 4) is 0 Å². The van der Waals surface area contributed by atoms with Crippen LogP contribution in [0.4, 0.5) is 0 Å². The van der Waals surface area contributed by atoms with Gasteiger partial charge >= 0.3 is 18.9 Å². The Morgan fingerprint density at radius 1 is 1.43 bits per heavy atom. The van der Waals surface area contributed by atoms with E-state index in [0.717, 1.165) is 0 Å². The van der Waals surface area contributed by atoms with Crippen molar-refractivity contribution >= 4 is 18.9 Å². The molecule has 0 fully saturated rings. The van der Waals surface area contributed by atoms with Gasteiger partial charge in [-0.2, -0.15) is 0 Å². The molecule has 0 aliphatic carbocycles. The van der Waals surface area contributed by atoms with E-state index in [1.54, 1.807) is 11.8 Å². The third-order valence-electron chi connectivity index (χ3n) is 0.747. The molecule has 1 unspecified atom stereocenters. The van der Waals surface area contributed by atoms with Crippen LogP contribution in [0.15, 0.2) is 0 Å². The molecule has 0 heterocycles. The first-order valence-corrected chi connectivity index (χ1v) is 1.99. The molecule has 7 heavy (non-hydrogen) atoms. The SMILES string of the molecule is CC(O)N(C)C.[LiH]. The molecular weight excluding hydrogens is 85.0 g/mol. The molecule has 0 amide bonds. The summed E-state index contributed by atoms with van der Waals surface area (Å²) in [7, 11) is 3.65. The standard InChI is InChI=1S/C4H11NO.Li.H/c1-4(6)5(2)3;;/h4,6H,1-3H3;;. The second-order valence-electron chi connectivity index (χ2n) is 1.60. The van der Waals surface area contributed by atoms with Gasteiger partial charge in [0.25, 0.3) is 0 Å². The van der Waals surface area contributed by atoms with Gasteiger partial charge in [-0.15, -0.1) is 0 Å². The Morgan fingerprint density at radius 2 is 1.57 bits per heavy atom. The monoisotopic (exact) mass is 97.1 g/mol. The predicted molar refractivity (Wildman–Crippen MR) is 32.5 cm³/mol. The molecule has 0 aromatic heterocycles. The molecule has 0 aromatic carbocycles. The van der Waals surface area contributed by atoms with Crippen LogP contribution >= 0.6 is 0 Å². The van der Waals surface area contributed by atoms with E-state index in [0.29, 0.717) is 0 Å². The van der Waals surface area contributed by atoms with Crippen molar-refractivity contribution < 1.29 is 5.11 Å². The zero-order valence-corrected chi connectivity index (χ0v) is 4.47. The van der Waals surface area contributed by atoms with Crippen molar-refractivity contribution in [1.82, 2.24) is 4.90 Å². The molecule has 2 nitrogen and oxygen atoms in total. The molecule has 1 atom stereocenters. The number of rotatable bonds is 1. The molecule has 0 bridgehead atoms. The first-order chi connectivity index (χ1) is 2.64. The summed E-state index contributed by atoms with van der Waals surface area (Å²) < 4.78 is 0. The molecule has 0 aliphatic rings. The van der Waals surface area contributed by atoms with Gasteiger partial charge in [-0.05, 0) is 21.0 Å². The van der Waals surface area contributed by atoms with E-state index in [1.807, 2.05) is 14.1 Å². The molecule has 0 saturated heterocycles. The average molecular weight is 97.1 g/mol. The second-order valence-corrected chi connectivity index (χ2v) is 1.60. The van der Waals surface area contributed by atoms with Gasteiger partial charge in [-0.1, -0.05) is 0 Å². The summed E-state index contributed by atoms with van der Waals surface area (Å²) in [6.45, 7) is 1.72. The van der Waals surface area contributed by atoms with Crippen LogP contribution < -0.4 is 0 Å². The Labute approximate surface area is 56.7 Å². The summed E-state index contributed by atoms with van der Waals surface area (Å²) in [5.74, 6) is 0. The summed E-state index contributed by atoms with van der Waals surface area (Å²) in [5.41, 5.74) is 0. The van der Waals surface area contributed by atoms with Gasteiger partial charge in [0.2, 0.25) is 0 Å². The molecule has 3 heteroatoms. The summed E-state index contributed by atoms with van der Waals surface area (Å²) in [6.07, 6.45) is -0.315. The van der Waals surface area contributed by atoms with E-state index < -0.39 is 0 Å². The molecule has 0 spiro atoms. The van der Waals surface area contributed by atoms with Crippen LogP contribution in [-0.2, 0) is 0 Å². The Balaban J connectivity index is 0. The van der Waals surface area contributed by atoms with Gasteiger partial charge < -0.3 is 5.11 Å². The quantitative estimate of drug-likeness (QED) is 0.343. The first kappa shape index (κ1) is 10.5. The summed E-state index contributed by atoms with van der Waals surface area (Å²) >= 11 is 0. The predicted octanol–water partition coefficient (Wildman–Crippen LogP) is -0.762. The van der Waals surface area contributed by atoms with Crippen LogP contribution in [0.2, 0.25) is 0 Å². The number of aliphatic hydroxyl groups is 1. The molecule has 0 rings (SSSR count). The maximum absolute atomic E-state index is 8.56. The molecule has 0 aliphatic heterocycles. The molecule has 0 saturated carbocycles. The van der Waals surface area contributed by atoms with Crippen molar-refractivity contribution in [2.45, 2.75) is 13.2 Å². The summed E-state index contributed by atoms with van der Waals surface area (Å²) in [6, 6.07) is 0. The fourth-order valence-corrected chi connectivity index (χ4v) is 0.